The Bertz CT molecular complexity index is 1370. The molecule has 0 aromatic heterocycles. The second-order valence-electron chi connectivity index (χ2n) is 11.7. The number of carboxylic acids is 1. The van der Waals surface area contributed by atoms with Crippen LogP contribution in [0.15, 0.2) is 48.5 Å². The third-order valence-corrected chi connectivity index (χ3v) is 8.17. The lowest BCUT2D eigenvalue weighted by Crippen LogP contribution is -2.61. The molecule has 6 atom stereocenters. The third-order valence-electron chi connectivity index (χ3n) is 8.17. The molecule has 2 unspecified atom stereocenters. The standard InChI is InChI=1S/C35H45NO13/c1-4-16-44-31-30(39)27(49-34(43-3)32(31)45-17-5-2)20-47-29(38)15-14-28(37)46-19-26(33(40)41)36-35(42)48-18-25-23-12-8-6-10-21(23)22-11-7-9-13-24(22)25/h6-13,25-27,30-32,34,39H,4-5,14-20H2,1-3H3,(H,36,42)(H,40,41)/t26-,27?,30+,31-,32?,34-/m0/s1. The summed E-state index contributed by atoms with van der Waals surface area (Å²) in [5.41, 5.74) is 4.08. The normalized spacial score (nSPS) is 22.0. The highest BCUT2D eigenvalue weighted by Crippen LogP contribution is 2.44. The molecule has 1 aliphatic carbocycles. The molecular formula is C35H45NO13. The molecular weight excluding hydrogens is 642 g/mol. The van der Waals surface area contributed by atoms with Crippen LogP contribution in [0.2, 0.25) is 0 Å². The SMILES string of the molecule is CCCOC1[C@@H](OC)OC(COC(=O)CCC(=O)OC[C@H](NC(=O)OCC2c3ccccc3-c3ccccc32)C(=O)O)[C@@H](O)[C@@H]1OCCC. The van der Waals surface area contributed by atoms with E-state index in [0.717, 1.165) is 28.7 Å². The number of fused-ring (bicyclic) bond motifs is 3. The molecule has 49 heavy (non-hydrogen) atoms. The van der Waals surface area contributed by atoms with Gasteiger partial charge in [-0.2, -0.15) is 0 Å². The zero-order chi connectivity index (χ0) is 35.3. The van der Waals surface area contributed by atoms with Gasteiger partial charge in [0.1, 0.15) is 44.2 Å². The van der Waals surface area contributed by atoms with Crippen molar-refractivity contribution in [2.75, 3.05) is 40.1 Å². The van der Waals surface area contributed by atoms with Crippen molar-refractivity contribution in [1.29, 1.82) is 0 Å². The summed E-state index contributed by atoms with van der Waals surface area (Å²) in [7, 11) is 1.43. The highest BCUT2D eigenvalue weighted by molar-refractivity contribution is 5.82. The predicted molar refractivity (Wildman–Crippen MR) is 173 cm³/mol. The molecule has 2 aromatic rings. The van der Waals surface area contributed by atoms with E-state index in [9.17, 15) is 29.4 Å². The number of carbonyl (C=O) groups excluding carboxylic acids is 3. The number of carboxylic acid groups (broad SMARTS) is 1. The number of carbonyl (C=O) groups is 4. The second kappa shape index (κ2) is 18.6. The first-order valence-electron chi connectivity index (χ1n) is 16.4. The molecule has 1 aliphatic heterocycles. The molecule has 3 N–H and O–H groups in total. The number of esters is 2. The molecule has 1 heterocycles. The maximum atomic E-state index is 12.6. The lowest BCUT2D eigenvalue weighted by molar-refractivity contribution is -0.310. The Morgan fingerprint density at radius 1 is 0.816 bits per heavy atom. The fourth-order valence-corrected chi connectivity index (χ4v) is 5.75. The van der Waals surface area contributed by atoms with Crippen LogP contribution in [0.4, 0.5) is 4.79 Å². The lowest BCUT2D eigenvalue weighted by atomic mass is 9.98. The zero-order valence-corrected chi connectivity index (χ0v) is 27.9. The van der Waals surface area contributed by atoms with Crippen molar-refractivity contribution in [3.8, 4) is 11.1 Å². The third kappa shape index (κ3) is 9.98. The van der Waals surface area contributed by atoms with E-state index in [4.69, 9.17) is 33.2 Å². The van der Waals surface area contributed by atoms with Gasteiger partial charge < -0.3 is 48.7 Å². The van der Waals surface area contributed by atoms with E-state index >= 15 is 0 Å². The monoisotopic (exact) mass is 687 g/mol. The van der Waals surface area contributed by atoms with E-state index < -0.39 is 73.8 Å². The minimum atomic E-state index is -1.58. The molecule has 0 saturated carbocycles. The molecule has 4 rings (SSSR count). The Morgan fingerprint density at radius 3 is 1.96 bits per heavy atom. The smallest absolute Gasteiger partial charge is 0.407 e. The highest BCUT2D eigenvalue weighted by atomic mass is 16.7. The number of nitrogens with one attached hydrogen (secondary N) is 1. The van der Waals surface area contributed by atoms with E-state index in [1.807, 2.05) is 62.4 Å². The van der Waals surface area contributed by atoms with Crippen molar-refractivity contribution in [3.05, 3.63) is 59.7 Å². The van der Waals surface area contributed by atoms with E-state index in [0.29, 0.717) is 19.6 Å². The van der Waals surface area contributed by atoms with Gasteiger partial charge in [0.2, 0.25) is 0 Å². The van der Waals surface area contributed by atoms with Crippen LogP contribution in [-0.4, -0.2) is 111 Å². The Labute approximate surface area is 284 Å². The summed E-state index contributed by atoms with van der Waals surface area (Å²) in [4.78, 5) is 49.1. The van der Waals surface area contributed by atoms with Crippen LogP contribution in [-0.2, 0) is 47.5 Å². The van der Waals surface area contributed by atoms with Gasteiger partial charge in [-0.25, -0.2) is 9.59 Å². The van der Waals surface area contributed by atoms with Gasteiger partial charge in [0, 0.05) is 26.2 Å². The van der Waals surface area contributed by atoms with E-state index in [2.05, 4.69) is 5.32 Å². The first kappa shape index (κ1) is 37.7. The van der Waals surface area contributed by atoms with Crippen molar-refractivity contribution in [3.63, 3.8) is 0 Å². The Hall–Kier alpha value is -4.08. The molecule has 14 heteroatoms. The quantitative estimate of drug-likeness (QED) is 0.153. The molecule has 0 bridgehead atoms. The Balaban J connectivity index is 1.20. The van der Waals surface area contributed by atoms with E-state index in [1.54, 1.807) is 0 Å². The lowest BCUT2D eigenvalue weighted by Gasteiger charge is -2.43. The van der Waals surface area contributed by atoms with Crippen LogP contribution in [0, 0.1) is 0 Å². The largest absolute Gasteiger partial charge is 0.480 e. The summed E-state index contributed by atoms with van der Waals surface area (Å²) in [5, 5.41) is 22.7. The topological polar surface area (TPSA) is 185 Å². The number of ether oxygens (including phenoxy) is 7. The molecule has 0 spiro atoms. The maximum Gasteiger partial charge on any atom is 0.407 e. The van der Waals surface area contributed by atoms with Gasteiger partial charge in [-0.05, 0) is 35.1 Å². The van der Waals surface area contributed by atoms with Crippen LogP contribution < -0.4 is 5.32 Å². The number of aliphatic hydroxyl groups is 1. The van der Waals surface area contributed by atoms with Gasteiger partial charge in [-0.1, -0.05) is 62.4 Å². The number of hydrogen-bond donors (Lipinski definition) is 3. The fraction of sp³-hybridized carbons (Fsp3) is 0.543. The molecule has 2 aromatic carbocycles. The van der Waals surface area contributed by atoms with Gasteiger partial charge in [0.15, 0.2) is 12.3 Å². The first-order valence-corrected chi connectivity index (χ1v) is 16.4. The maximum absolute atomic E-state index is 12.6. The van der Waals surface area contributed by atoms with Gasteiger partial charge in [0.05, 0.1) is 12.8 Å². The molecule has 1 saturated heterocycles. The highest BCUT2D eigenvalue weighted by Gasteiger charge is 2.47. The van der Waals surface area contributed by atoms with Crippen molar-refractivity contribution >= 4 is 24.0 Å². The van der Waals surface area contributed by atoms with Crippen LogP contribution in [0.5, 0.6) is 0 Å². The van der Waals surface area contributed by atoms with Crippen LogP contribution in [0.25, 0.3) is 11.1 Å². The molecule has 268 valence electrons. The molecule has 2 aliphatic rings. The molecule has 14 nitrogen and oxygen atoms in total. The number of alkyl carbamates (subject to hydrolysis) is 1. The number of aliphatic hydroxyl groups excluding tert-OH is 1. The summed E-state index contributed by atoms with van der Waals surface area (Å²) in [5.74, 6) is -3.32. The fourth-order valence-electron chi connectivity index (χ4n) is 5.75. The molecule has 1 amide bonds. The second-order valence-corrected chi connectivity index (χ2v) is 11.7. The number of hydrogen-bond acceptors (Lipinski definition) is 12. The van der Waals surface area contributed by atoms with Crippen molar-refractivity contribution in [2.24, 2.45) is 0 Å². The predicted octanol–water partition coefficient (Wildman–Crippen LogP) is 3.17. The Morgan fingerprint density at radius 2 is 1.39 bits per heavy atom. The number of amides is 1. The molecule has 1 fully saturated rings. The summed E-state index contributed by atoms with van der Waals surface area (Å²) >= 11 is 0. The van der Waals surface area contributed by atoms with Crippen molar-refractivity contribution < 1.29 is 62.5 Å². The van der Waals surface area contributed by atoms with Gasteiger partial charge in [-0.15, -0.1) is 0 Å². The van der Waals surface area contributed by atoms with Crippen molar-refractivity contribution in [2.45, 2.75) is 82.2 Å². The summed E-state index contributed by atoms with van der Waals surface area (Å²) < 4.78 is 38.5. The van der Waals surface area contributed by atoms with Crippen LogP contribution in [0.1, 0.15) is 56.6 Å². The average molecular weight is 688 g/mol. The summed E-state index contributed by atoms with van der Waals surface area (Å²) in [6, 6.07) is 14.0. The number of methoxy groups -OCH3 is 1. The minimum absolute atomic E-state index is 0.0250. The van der Waals surface area contributed by atoms with Crippen LogP contribution in [0.3, 0.4) is 0 Å². The number of aliphatic carboxylic acids is 1. The number of benzene rings is 2. The minimum Gasteiger partial charge on any atom is -0.480 e. The summed E-state index contributed by atoms with van der Waals surface area (Å²) in [6.07, 6.45) is -4.86. The Kier molecular flexibility index (Phi) is 14.3. The van der Waals surface area contributed by atoms with E-state index in [-0.39, 0.29) is 25.6 Å². The van der Waals surface area contributed by atoms with Crippen LogP contribution >= 0.6 is 0 Å². The van der Waals surface area contributed by atoms with E-state index in [1.165, 1.54) is 7.11 Å². The summed E-state index contributed by atoms with van der Waals surface area (Å²) in [6.45, 7) is 3.58. The van der Waals surface area contributed by atoms with Gasteiger partial charge in [0.25, 0.3) is 0 Å². The zero-order valence-electron chi connectivity index (χ0n) is 27.9. The van der Waals surface area contributed by atoms with Crippen molar-refractivity contribution in [1.82, 2.24) is 5.32 Å². The number of rotatable bonds is 18. The average Bonchev–Trinajstić information content (AvgIpc) is 3.42. The van der Waals surface area contributed by atoms with Gasteiger partial charge in [-0.3, -0.25) is 9.59 Å². The first-order chi connectivity index (χ1) is 23.7. The van der Waals surface area contributed by atoms with Gasteiger partial charge >= 0.3 is 24.0 Å². The molecule has 0 radical (unpaired) electrons.